The topological polar surface area (TPSA) is 62.5 Å². The van der Waals surface area contributed by atoms with Crippen LogP contribution in [0.5, 0.6) is 0 Å². The van der Waals surface area contributed by atoms with Gasteiger partial charge in [-0.2, -0.15) is 16.3 Å². The molecule has 0 radical (unpaired) electrons. The molecular weight excluding hydrogens is 384 g/mol. The molecule has 2 aromatic heterocycles. The van der Waals surface area contributed by atoms with Crippen molar-refractivity contribution in [3.63, 3.8) is 0 Å². The molecule has 29 heavy (non-hydrogen) atoms. The monoisotopic (exact) mass is 410 g/mol. The van der Waals surface area contributed by atoms with Crippen molar-refractivity contribution in [1.82, 2.24) is 15.0 Å². The van der Waals surface area contributed by atoms with E-state index in [1.807, 2.05) is 23.9 Å². The molecule has 4 rings (SSSR count). The highest BCUT2D eigenvalue weighted by atomic mass is 32.1. The van der Waals surface area contributed by atoms with Gasteiger partial charge in [-0.15, -0.1) is 0 Å². The molecule has 152 valence electrons. The molecule has 1 amide bonds. The van der Waals surface area contributed by atoms with Crippen molar-refractivity contribution >= 4 is 22.9 Å². The van der Waals surface area contributed by atoms with Gasteiger partial charge in [0.05, 0.1) is 0 Å². The smallest absolute Gasteiger partial charge is 0.227 e. The molecule has 3 aromatic rings. The van der Waals surface area contributed by atoms with Crippen LogP contribution in [0.1, 0.15) is 37.1 Å². The first-order chi connectivity index (χ1) is 14.2. The van der Waals surface area contributed by atoms with E-state index in [0.717, 1.165) is 24.2 Å². The average Bonchev–Trinajstić information content (AvgIpc) is 3.45. The molecule has 0 unspecified atom stereocenters. The Labute approximate surface area is 175 Å². The highest BCUT2D eigenvalue weighted by Crippen LogP contribution is 2.21. The molecule has 0 spiro atoms. The fourth-order valence-electron chi connectivity index (χ4n) is 3.60. The van der Waals surface area contributed by atoms with Crippen LogP contribution in [0.15, 0.2) is 45.6 Å². The zero-order valence-corrected chi connectivity index (χ0v) is 17.5. The van der Waals surface area contributed by atoms with Crippen LogP contribution in [0.25, 0.3) is 11.4 Å². The number of aryl methyl sites for hydroxylation is 1. The van der Waals surface area contributed by atoms with Crippen LogP contribution in [-0.2, 0) is 17.8 Å². The molecule has 1 saturated heterocycles. The predicted molar refractivity (Wildman–Crippen MR) is 115 cm³/mol. The molecule has 1 aliphatic rings. The van der Waals surface area contributed by atoms with Gasteiger partial charge in [0.1, 0.15) is 0 Å². The Bertz CT molecular complexity index is 915. The van der Waals surface area contributed by atoms with Crippen LogP contribution in [0.3, 0.4) is 0 Å². The molecule has 3 heterocycles. The summed E-state index contributed by atoms with van der Waals surface area (Å²) in [6.45, 7) is 2.88. The Morgan fingerprint density at radius 1 is 1.17 bits per heavy atom. The van der Waals surface area contributed by atoms with Gasteiger partial charge >= 0.3 is 0 Å². The number of anilines is 1. The van der Waals surface area contributed by atoms with E-state index >= 15 is 0 Å². The number of nitrogens with zero attached hydrogens (tertiary/aromatic N) is 4. The second kappa shape index (κ2) is 9.22. The van der Waals surface area contributed by atoms with Gasteiger partial charge in [-0.25, -0.2) is 0 Å². The van der Waals surface area contributed by atoms with Crippen molar-refractivity contribution < 1.29 is 9.32 Å². The number of aromatic nitrogens is 2. The Hall–Kier alpha value is -2.67. The van der Waals surface area contributed by atoms with Crippen molar-refractivity contribution in [1.29, 1.82) is 0 Å². The van der Waals surface area contributed by atoms with Gasteiger partial charge in [0, 0.05) is 56.2 Å². The summed E-state index contributed by atoms with van der Waals surface area (Å²) in [5.41, 5.74) is 3.36. The molecule has 0 saturated carbocycles. The normalized spacial score (nSPS) is 14.2. The summed E-state index contributed by atoms with van der Waals surface area (Å²) >= 11 is 1.59. The van der Waals surface area contributed by atoms with Crippen molar-refractivity contribution in [2.24, 2.45) is 0 Å². The van der Waals surface area contributed by atoms with Gasteiger partial charge in [0.15, 0.2) is 0 Å². The molecule has 1 aliphatic heterocycles. The van der Waals surface area contributed by atoms with Gasteiger partial charge in [-0.1, -0.05) is 17.3 Å². The van der Waals surface area contributed by atoms with Crippen molar-refractivity contribution in [2.45, 2.75) is 38.6 Å². The molecule has 7 heteroatoms. The maximum absolute atomic E-state index is 12.5. The Morgan fingerprint density at radius 3 is 2.69 bits per heavy atom. The lowest BCUT2D eigenvalue weighted by atomic mass is 10.1. The number of hydrogen-bond acceptors (Lipinski definition) is 6. The van der Waals surface area contributed by atoms with Crippen LogP contribution < -0.4 is 4.90 Å². The third-order valence-electron chi connectivity index (χ3n) is 5.30. The van der Waals surface area contributed by atoms with Gasteiger partial charge in [-0.05, 0) is 48.4 Å². The third-order valence-corrected chi connectivity index (χ3v) is 5.99. The molecule has 0 aliphatic carbocycles. The largest absolute Gasteiger partial charge is 0.372 e. The Kier molecular flexibility index (Phi) is 6.24. The zero-order chi connectivity index (χ0) is 20.1. The molecule has 1 aromatic carbocycles. The zero-order valence-electron chi connectivity index (χ0n) is 16.7. The van der Waals surface area contributed by atoms with Crippen LogP contribution in [0, 0.1) is 0 Å². The first kappa shape index (κ1) is 19.6. The van der Waals surface area contributed by atoms with E-state index in [0.29, 0.717) is 31.1 Å². The van der Waals surface area contributed by atoms with Crippen LogP contribution in [0.2, 0.25) is 0 Å². The second-order valence-corrected chi connectivity index (χ2v) is 8.27. The van der Waals surface area contributed by atoms with E-state index in [4.69, 9.17) is 4.52 Å². The molecule has 0 N–H and O–H groups in total. The third kappa shape index (κ3) is 5.03. The fraction of sp³-hybridized carbons (Fsp3) is 0.409. The van der Waals surface area contributed by atoms with Gasteiger partial charge in [-0.3, -0.25) is 4.79 Å². The van der Waals surface area contributed by atoms with E-state index in [-0.39, 0.29) is 5.91 Å². The number of carbonyl (C=O) groups excluding carboxylic acids is 1. The Morgan fingerprint density at radius 2 is 1.97 bits per heavy atom. The lowest BCUT2D eigenvalue weighted by Crippen LogP contribution is -2.29. The fourth-order valence-corrected chi connectivity index (χ4v) is 4.23. The van der Waals surface area contributed by atoms with Crippen LogP contribution >= 0.6 is 11.3 Å². The summed E-state index contributed by atoms with van der Waals surface area (Å²) in [4.78, 5) is 21.1. The SMILES string of the molecule is CN(Cc1ccc(N2CCCCC2)cc1)C(=O)CCc1nc(-c2ccsc2)no1. The van der Waals surface area contributed by atoms with E-state index in [1.165, 1.54) is 24.9 Å². The van der Waals surface area contributed by atoms with E-state index in [1.54, 1.807) is 16.2 Å². The number of carbonyl (C=O) groups is 1. The number of rotatable bonds is 7. The van der Waals surface area contributed by atoms with Crippen LogP contribution in [0.4, 0.5) is 5.69 Å². The van der Waals surface area contributed by atoms with Crippen molar-refractivity contribution in [3.8, 4) is 11.4 Å². The average molecular weight is 411 g/mol. The number of amides is 1. The Balaban J connectivity index is 1.27. The summed E-state index contributed by atoms with van der Waals surface area (Å²) in [5.74, 6) is 1.15. The number of thiophene rings is 1. The maximum atomic E-state index is 12.5. The minimum absolute atomic E-state index is 0.0698. The molecule has 1 fully saturated rings. The molecular formula is C22H26N4O2S. The first-order valence-corrected chi connectivity index (χ1v) is 11.1. The molecule has 6 nitrogen and oxygen atoms in total. The lowest BCUT2D eigenvalue weighted by molar-refractivity contribution is -0.130. The van der Waals surface area contributed by atoms with Crippen molar-refractivity contribution in [3.05, 3.63) is 52.5 Å². The first-order valence-electron chi connectivity index (χ1n) is 10.1. The highest BCUT2D eigenvalue weighted by Gasteiger charge is 2.15. The number of hydrogen-bond donors (Lipinski definition) is 0. The van der Waals surface area contributed by atoms with Crippen LogP contribution in [-0.4, -0.2) is 41.1 Å². The number of benzene rings is 1. The minimum atomic E-state index is 0.0698. The quantitative estimate of drug-likeness (QED) is 0.578. The summed E-state index contributed by atoms with van der Waals surface area (Å²) in [6, 6.07) is 10.5. The molecule has 0 atom stereocenters. The van der Waals surface area contributed by atoms with Gasteiger partial charge < -0.3 is 14.3 Å². The summed E-state index contributed by atoms with van der Waals surface area (Å²) in [5, 5.41) is 7.94. The lowest BCUT2D eigenvalue weighted by Gasteiger charge is -2.29. The number of piperidine rings is 1. The standard InChI is InChI=1S/C22H26N4O2S/c1-25(15-17-5-7-19(8-6-17)26-12-3-2-4-13-26)21(27)10-9-20-23-22(24-28-20)18-11-14-29-16-18/h5-8,11,14,16H,2-4,9-10,12-13,15H2,1H3. The highest BCUT2D eigenvalue weighted by molar-refractivity contribution is 7.08. The van der Waals surface area contributed by atoms with Gasteiger partial charge in [0.2, 0.25) is 17.6 Å². The van der Waals surface area contributed by atoms with E-state index in [9.17, 15) is 4.79 Å². The van der Waals surface area contributed by atoms with E-state index < -0.39 is 0 Å². The van der Waals surface area contributed by atoms with E-state index in [2.05, 4.69) is 39.3 Å². The second-order valence-electron chi connectivity index (χ2n) is 7.49. The summed E-state index contributed by atoms with van der Waals surface area (Å²) < 4.78 is 5.28. The minimum Gasteiger partial charge on any atom is -0.372 e. The molecule has 0 bridgehead atoms. The summed E-state index contributed by atoms with van der Waals surface area (Å²) in [7, 11) is 1.84. The summed E-state index contributed by atoms with van der Waals surface area (Å²) in [6.07, 6.45) is 4.68. The van der Waals surface area contributed by atoms with Gasteiger partial charge in [0.25, 0.3) is 0 Å². The predicted octanol–water partition coefficient (Wildman–Crippen LogP) is 4.38. The van der Waals surface area contributed by atoms with Crippen molar-refractivity contribution in [2.75, 3.05) is 25.0 Å². The maximum Gasteiger partial charge on any atom is 0.227 e.